The molecule has 17 nitrogen and oxygen atoms in total. The number of ether oxygens (including phenoxy) is 8. The lowest BCUT2D eigenvalue weighted by molar-refractivity contribution is -0.319. The molecule has 0 amide bonds. The molecule has 67 heavy (non-hydrogen) atoms. The van der Waals surface area contributed by atoms with Crippen molar-refractivity contribution in [1.82, 2.24) is 4.90 Å². The SMILES string of the molecule is CC[C@H]1OC(=O)[C@H](C)[C@@H](OC2C[C@@](C)(OC)[C@@H](OC(=O)C(C)C)[C@H](C)O2)[C@H](C)[C@@H](O[C@@H]2O[C@H](C)C[C@H](N(C)C)[C@H]2O)C(C)(O)C[C@@H](C)/C(=N\OCCCOc2ccccc2)[C@H](C)[C@@H](O)[C@]1(C)O. The topological polar surface area (TPSA) is 214 Å². The Morgan fingerprint density at radius 2 is 1.58 bits per heavy atom. The summed E-state index contributed by atoms with van der Waals surface area (Å²) in [4.78, 5) is 35.2. The molecule has 4 N–H and O–H groups in total. The van der Waals surface area contributed by atoms with Crippen molar-refractivity contribution in [2.75, 3.05) is 34.4 Å². The fourth-order valence-electron chi connectivity index (χ4n) is 10.0. The van der Waals surface area contributed by atoms with Crippen LogP contribution in [0.4, 0.5) is 0 Å². The highest BCUT2D eigenvalue weighted by molar-refractivity contribution is 5.88. The third kappa shape index (κ3) is 14.1. The molecule has 3 heterocycles. The molecule has 0 aromatic heterocycles. The number of aliphatic hydroxyl groups is 4. The van der Waals surface area contributed by atoms with Crippen LogP contribution in [-0.4, -0.2) is 162 Å². The van der Waals surface area contributed by atoms with Crippen molar-refractivity contribution in [1.29, 1.82) is 0 Å². The van der Waals surface area contributed by atoms with Crippen molar-refractivity contribution in [3.05, 3.63) is 30.3 Å². The summed E-state index contributed by atoms with van der Waals surface area (Å²) < 4.78 is 50.3. The molecule has 3 fully saturated rings. The van der Waals surface area contributed by atoms with Crippen LogP contribution in [0.3, 0.4) is 0 Å². The quantitative estimate of drug-likeness (QED) is 0.100. The third-order valence-corrected chi connectivity index (χ3v) is 14.1. The predicted molar refractivity (Wildman–Crippen MR) is 250 cm³/mol. The average molecular weight is 953 g/mol. The van der Waals surface area contributed by atoms with E-state index in [0.29, 0.717) is 25.2 Å². The van der Waals surface area contributed by atoms with Crippen LogP contribution in [-0.2, 0) is 47.6 Å². The largest absolute Gasteiger partial charge is 0.493 e. The van der Waals surface area contributed by atoms with E-state index in [2.05, 4.69) is 5.16 Å². The molecule has 384 valence electrons. The van der Waals surface area contributed by atoms with Gasteiger partial charge in [-0.1, -0.05) is 64.9 Å². The van der Waals surface area contributed by atoms with Gasteiger partial charge in [0.15, 0.2) is 18.7 Å². The van der Waals surface area contributed by atoms with Gasteiger partial charge in [-0.3, -0.25) is 9.59 Å². The lowest BCUT2D eigenvalue weighted by Gasteiger charge is -2.49. The van der Waals surface area contributed by atoms with Gasteiger partial charge in [-0.25, -0.2) is 0 Å². The zero-order valence-corrected chi connectivity index (χ0v) is 42.7. The maximum absolute atomic E-state index is 14.6. The normalized spacial score (nSPS) is 41.1. The van der Waals surface area contributed by atoms with Gasteiger partial charge in [0.25, 0.3) is 0 Å². The molecule has 2 unspecified atom stereocenters. The second-order valence-electron chi connectivity index (χ2n) is 20.5. The second-order valence-corrected chi connectivity index (χ2v) is 20.5. The lowest BCUT2D eigenvalue weighted by atomic mass is 9.73. The Kier molecular flexibility index (Phi) is 20.5. The van der Waals surface area contributed by atoms with Gasteiger partial charge in [0.1, 0.15) is 35.8 Å². The first-order valence-electron chi connectivity index (χ1n) is 24.2. The molecule has 0 radical (unpaired) electrons. The lowest BCUT2D eigenvalue weighted by Crippen LogP contribution is -2.61. The van der Waals surface area contributed by atoms with E-state index in [1.807, 2.05) is 63.2 Å². The van der Waals surface area contributed by atoms with Crippen molar-refractivity contribution in [3.63, 3.8) is 0 Å². The summed E-state index contributed by atoms with van der Waals surface area (Å²) >= 11 is 0. The number of carbonyl (C=O) groups is 2. The Balaban J connectivity index is 1.81. The van der Waals surface area contributed by atoms with Crippen molar-refractivity contribution >= 4 is 17.7 Å². The van der Waals surface area contributed by atoms with E-state index in [0.717, 1.165) is 5.75 Å². The highest BCUT2D eigenvalue weighted by Gasteiger charge is 2.54. The maximum atomic E-state index is 14.6. The first-order chi connectivity index (χ1) is 31.3. The van der Waals surface area contributed by atoms with E-state index in [9.17, 15) is 30.0 Å². The van der Waals surface area contributed by atoms with Gasteiger partial charge in [-0.05, 0) is 87.0 Å². The molecule has 4 rings (SSSR count). The van der Waals surface area contributed by atoms with E-state index in [4.69, 9.17) is 42.7 Å². The zero-order valence-electron chi connectivity index (χ0n) is 42.7. The molecule has 3 saturated heterocycles. The van der Waals surface area contributed by atoms with Crippen molar-refractivity contribution < 1.29 is 72.7 Å². The number of hydrogen-bond acceptors (Lipinski definition) is 17. The standard InChI is InChI=1S/C50H84N2O15/c1-16-37-50(12,58)42(54)31(6)39(51-61-24-20-23-60-35-21-18-17-19-22-35)29(4)26-48(10,57)43(67-47-40(53)36(52(13)14)25-30(5)62-47)32(7)41(33(8)46(56)64-37)65-38-27-49(11,59-15)44(34(9)63-38)66-45(55)28(2)3/h17-19,21-22,28-34,36-38,40-44,47,53-54,57-58H,16,20,23-27H2,1-15H3/b51-39+/t29-,30-,31+,32+,33-,34+,36+,37-,38?,40-,41+,42-,43-,44+,47+,48?,49-,50-/m1/s1. The molecular formula is C50H84N2O15. The van der Waals surface area contributed by atoms with Crippen molar-refractivity contribution in [2.24, 2.45) is 34.7 Å². The van der Waals surface area contributed by atoms with E-state index in [1.54, 1.807) is 62.3 Å². The number of hydrogen-bond donors (Lipinski definition) is 4. The Bertz CT molecular complexity index is 1730. The van der Waals surface area contributed by atoms with Crippen LogP contribution in [0.25, 0.3) is 0 Å². The summed E-state index contributed by atoms with van der Waals surface area (Å²) in [7, 11) is 5.25. The van der Waals surface area contributed by atoms with E-state index in [1.165, 1.54) is 14.0 Å². The van der Waals surface area contributed by atoms with Gasteiger partial charge in [0.2, 0.25) is 0 Å². The Labute approximate surface area is 399 Å². The number of cyclic esters (lactones) is 1. The number of rotatable bonds is 15. The van der Waals surface area contributed by atoms with Crippen LogP contribution in [0, 0.1) is 29.6 Å². The minimum absolute atomic E-state index is 0.0274. The molecule has 1 aromatic carbocycles. The summed E-state index contributed by atoms with van der Waals surface area (Å²) in [6.07, 6.45) is -9.03. The number of para-hydroxylation sites is 1. The molecule has 0 spiro atoms. The van der Waals surface area contributed by atoms with Gasteiger partial charge in [-0.2, -0.15) is 0 Å². The number of likely N-dealkylation sites (N-methyl/N-ethyl adjacent to an activating group) is 1. The Morgan fingerprint density at radius 3 is 2.18 bits per heavy atom. The average Bonchev–Trinajstić information content (AvgIpc) is 3.26. The summed E-state index contributed by atoms with van der Waals surface area (Å²) in [5.41, 5.74) is -4.50. The molecule has 1 aromatic rings. The molecular weight excluding hydrogens is 869 g/mol. The molecule has 3 aliphatic rings. The monoisotopic (exact) mass is 953 g/mol. The first kappa shape index (κ1) is 56.6. The number of nitrogens with zero attached hydrogens (tertiary/aromatic N) is 2. The molecule has 0 bridgehead atoms. The zero-order chi connectivity index (χ0) is 50.2. The van der Waals surface area contributed by atoms with Crippen LogP contribution in [0.5, 0.6) is 5.75 Å². The van der Waals surface area contributed by atoms with Crippen LogP contribution in [0.15, 0.2) is 35.5 Å². The highest BCUT2D eigenvalue weighted by Crippen LogP contribution is 2.42. The number of methoxy groups -OCH3 is 1. The van der Waals surface area contributed by atoms with Crippen LogP contribution >= 0.6 is 0 Å². The number of benzene rings is 1. The fourth-order valence-corrected chi connectivity index (χ4v) is 10.0. The van der Waals surface area contributed by atoms with E-state index < -0.39 is 114 Å². The molecule has 0 saturated carbocycles. The molecule has 18 atom stereocenters. The summed E-state index contributed by atoms with van der Waals surface area (Å²) in [5, 5.41) is 53.5. The second kappa shape index (κ2) is 24.2. The third-order valence-electron chi connectivity index (χ3n) is 14.1. The number of carbonyl (C=O) groups excluding carboxylic acids is 2. The smallest absolute Gasteiger partial charge is 0.311 e. The molecule has 0 aliphatic carbocycles. The summed E-state index contributed by atoms with van der Waals surface area (Å²) in [5.74, 6) is -4.28. The van der Waals surface area contributed by atoms with Crippen molar-refractivity contribution in [3.8, 4) is 5.75 Å². The Morgan fingerprint density at radius 1 is 0.925 bits per heavy atom. The predicted octanol–water partition coefficient (Wildman–Crippen LogP) is 5.27. The maximum Gasteiger partial charge on any atom is 0.311 e. The van der Waals surface area contributed by atoms with Crippen LogP contribution < -0.4 is 4.74 Å². The van der Waals surface area contributed by atoms with E-state index in [-0.39, 0.29) is 38.0 Å². The number of aliphatic hydroxyl groups excluding tert-OH is 2. The van der Waals surface area contributed by atoms with Gasteiger partial charge < -0.3 is 68.1 Å². The van der Waals surface area contributed by atoms with Crippen LogP contribution in [0.2, 0.25) is 0 Å². The van der Waals surface area contributed by atoms with Gasteiger partial charge in [-0.15, -0.1) is 0 Å². The minimum atomic E-state index is -1.98. The molecule has 17 heteroatoms. The van der Waals surface area contributed by atoms with Crippen LogP contribution in [0.1, 0.15) is 115 Å². The highest BCUT2D eigenvalue weighted by atomic mass is 16.7. The summed E-state index contributed by atoms with van der Waals surface area (Å²) in [6.45, 7) is 21.2. The Hall–Kier alpha value is -2.97. The first-order valence-corrected chi connectivity index (χ1v) is 24.2. The molecule has 3 aliphatic heterocycles. The number of oxime groups is 1. The van der Waals surface area contributed by atoms with Gasteiger partial charge in [0, 0.05) is 43.7 Å². The van der Waals surface area contributed by atoms with Crippen molar-refractivity contribution in [2.45, 2.75) is 199 Å². The summed E-state index contributed by atoms with van der Waals surface area (Å²) in [6, 6.07) is 9.05. The fraction of sp³-hybridized carbons (Fsp3) is 0.820. The van der Waals surface area contributed by atoms with Gasteiger partial charge in [0.05, 0.1) is 60.3 Å². The number of esters is 2. The minimum Gasteiger partial charge on any atom is -0.493 e. The van der Waals surface area contributed by atoms with Gasteiger partial charge >= 0.3 is 11.9 Å². The van der Waals surface area contributed by atoms with E-state index >= 15 is 0 Å².